The van der Waals surface area contributed by atoms with Crippen molar-refractivity contribution >= 4 is 21.7 Å². The second-order valence-electron chi connectivity index (χ2n) is 3.79. The molecular formula is C11H8BrF3O2. The van der Waals surface area contributed by atoms with Crippen molar-refractivity contribution < 1.29 is 22.7 Å². The van der Waals surface area contributed by atoms with Crippen LogP contribution in [0.25, 0.3) is 0 Å². The van der Waals surface area contributed by atoms with E-state index in [1.807, 2.05) is 0 Å². The highest BCUT2D eigenvalue weighted by Gasteiger charge is 2.36. The number of halogens is 4. The van der Waals surface area contributed by atoms with Gasteiger partial charge in [-0.3, -0.25) is 4.79 Å². The van der Waals surface area contributed by atoms with E-state index < -0.39 is 12.3 Å². The van der Waals surface area contributed by atoms with Crippen molar-refractivity contribution in [3.05, 3.63) is 28.2 Å². The van der Waals surface area contributed by atoms with Crippen molar-refractivity contribution in [1.29, 1.82) is 0 Å². The molecule has 1 aromatic rings. The minimum Gasteiger partial charge on any atom is -0.405 e. The van der Waals surface area contributed by atoms with Crippen LogP contribution in [0.1, 0.15) is 24.3 Å². The standard InChI is InChI=1S/C11H8BrF3O2/c12-6-1-2-8(7-3-4-9(7)16)10(5-6)17-11(13,14)15/h1-2,5,7H,3-4H2. The van der Waals surface area contributed by atoms with E-state index in [0.717, 1.165) is 0 Å². The van der Waals surface area contributed by atoms with Crippen LogP contribution in [0.3, 0.4) is 0 Å². The Balaban J connectivity index is 2.34. The molecule has 1 atom stereocenters. The van der Waals surface area contributed by atoms with E-state index in [2.05, 4.69) is 20.7 Å². The van der Waals surface area contributed by atoms with Crippen molar-refractivity contribution in [1.82, 2.24) is 0 Å². The van der Waals surface area contributed by atoms with Gasteiger partial charge in [-0.2, -0.15) is 0 Å². The Kier molecular flexibility index (Phi) is 3.16. The fraction of sp³-hybridized carbons (Fsp3) is 0.364. The van der Waals surface area contributed by atoms with Gasteiger partial charge in [-0.05, 0) is 18.6 Å². The maximum Gasteiger partial charge on any atom is 0.573 e. The number of hydrogen-bond acceptors (Lipinski definition) is 2. The topological polar surface area (TPSA) is 26.3 Å². The van der Waals surface area contributed by atoms with E-state index in [9.17, 15) is 18.0 Å². The molecule has 92 valence electrons. The van der Waals surface area contributed by atoms with E-state index in [0.29, 0.717) is 22.9 Å². The first-order valence-corrected chi connectivity index (χ1v) is 5.74. The summed E-state index contributed by atoms with van der Waals surface area (Å²) >= 11 is 3.08. The van der Waals surface area contributed by atoms with E-state index in [-0.39, 0.29) is 11.5 Å². The number of ether oxygens (including phenoxy) is 1. The molecule has 1 aromatic carbocycles. The Morgan fingerprint density at radius 2 is 2.06 bits per heavy atom. The molecule has 0 N–H and O–H groups in total. The van der Waals surface area contributed by atoms with Crippen LogP contribution in [0.5, 0.6) is 5.75 Å². The summed E-state index contributed by atoms with van der Waals surface area (Å²) < 4.78 is 41.1. The second kappa shape index (κ2) is 4.33. The largest absolute Gasteiger partial charge is 0.573 e. The monoisotopic (exact) mass is 308 g/mol. The zero-order valence-corrected chi connectivity index (χ0v) is 10.1. The molecule has 1 saturated carbocycles. The third-order valence-corrected chi connectivity index (χ3v) is 3.14. The minimum atomic E-state index is -4.75. The summed E-state index contributed by atoms with van der Waals surface area (Å²) in [5.74, 6) is -0.801. The molecule has 1 aliphatic rings. The van der Waals surface area contributed by atoms with Crippen molar-refractivity contribution in [2.24, 2.45) is 0 Å². The van der Waals surface area contributed by atoms with Crippen molar-refractivity contribution in [2.75, 3.05) is 0 Å². The predicted octanol–water partition coefficient (Wildman–Crippen LogP) is 3.79. The highest BCUT2D eigenvalue weighted by atomic mass is 79.9. The minimum absolute atomic E-state index is 0.0423. The van der Waals surface area contributed by atoms with Gasteiger partial charge < -0.3 is 4.74 Å². The number of carbonyl (C=O) groups is 1. The van der Waals surface area contributed by atoms with Gasteiger partial charge in [-0.1, -0.05) is 22.0 Å². The second-order valence-corrected chi connectivity index (χ2v) is 4.70. The van der Waals surface area contributed by atoms with Crippen LogP contribution < -0.4 is 4.74 Å². The van der Waals surface area contributed by atoms with Crippen molar-refractivity contribution in [2.45, 2.75) is 25.1 Å². The number of hydrogen-bond donors (Lipinski definition) is 0. The Morgan fingerprint density at radius 3 is 2.53 bits per heavy atom. The molecule has 1 fully saturated rings. The molecule has 0 radical (unpaired) electrons. The summed E-state index contributed by atoms with van der Waals surface area (Å²) in [6, 6.07) is 4.32. The summed E-state index contributed by atoms with van der Waals surface area (Å²) in [4.78, 5) is 11.3. The van der Waals surface area contributed by atoms with Crippen LogP contribution in [0.15, 0.2) is 22.7 Å². The number of benzene rings is 1. The fourth-order valence-corrected chi connectivity index (χ4v) is 2.08. The molecule has 6 heteroatoms. The summed E-state index contributed by atoms with van der Waals surface area (Å²) in [6.07, 6.45) is -3.75. The molecule has 0 saturated heterocycles. The van der Waals surface area contributed by atoms with Gasteiger partial charge in [0.15, 0.2) is 0 Å². The Bertz CT molecular complexity index is 457. The summed E-state index contributed by atoms with van der Waals surface area (Å²) in [7, 11) is 0. The van der Waals surface area contributed by atoms with E-state index in [1.165, 1.54) is 12.1 Å². The smallest absolute Gasteiger partial charge is 0.405 e. The van der Waals surface area contributed by atoms with Crippen LogP contribution in [0.2, 0.25) is 0 Å². The number of alkyl halides is 3. The molecule has 0 heterocycles. The van der Waals surface area contributed by atoms with Crippen LogP contribution in [0.4, 0.5) is 13.2 Å². The lowest BCUT2D eigenvalue weighted by molar-refractivity contribution is -0.275. The number of rotatable bonds is 2. The third kappa shape index (κ3) is 2.80. The molecule has 0 bridgehead atoms. The molecule has 0 spiro atoms. The third-order valence-electron chi connectivity index (χ3n) is 2.64. The summed E-state index contributed by atoms with van der Waals surface area (Å²) in [6.45, 7) is 0. The van der Waals surface area contributed by atoms with Gasteiger partial charge in [-0.15, -0.1) is 13.2 Å². The lowest BCUT2D eigenvalue weighted by atomic mass is 9.78. The van der Waals surface area contributed by atoms with Gasteiger partial charge in [0.25, 0.3) is 0 Å². The van der Waals surface area contributed by atoms with Gasteiger partial charge in [-0.25, -0.2) is 0 Å². The molecule has 0 aliphatic heterocycles. The number of ketones is 1. The van der Waals surface area contributed by atoms with Gasteiger partial charge in [0.1, 0.15) is 11.5 Å². The Hall–Kier alpha value is -1.04. The average molecular weight is 309 g/mol. The first kappa shape index (κ1) is 12.4. The molecule has 17 heavy (non-hydrogen) atoms. The van der Waals surface area contributed by atoms with Gasteiger partial charge >= 0.3 is 6.36 Å². The Labute approximate surface area is 104 Å². The molecule has 2 nitrogen and oxygen atoms in total. The first-order valence-electron chi connectivity index (χ1n) is 4.95. The van der Waals surface area contributed by atoms with Crippen LogP contribution in [-0.4, -0.2) is 12.1 Å². The van der Waals surface area contributed by atoms with Crippen LogP contribution >= 0.6 is 15.9 Å². The molecule has 1 unspecified atom stereocenters. The lowest BCUT2D eigenvalue weighted by Crippen LogP contribution is -2.25. The highest BCUT2D eigenvalue weighted by molar-refractivity contribution is 9.10. The first-order chi connectivity index (χ1) is 7.87. The van der Waals surface area contributed by atoms with E-state index >= 15 is 0 Å². The number of Topliss-reactive ketones (excluding diaryl/α,β-unsaturated/α-hetero) is 1. The van der Waals surface area contributed by atoms with E-state index in [1.54, 1.807) is 6.07 Å². The fourth-order valence-electron chi connectivity index (χ4n) is 1.74. The van der Waals surface area contributed by atoms with Crippen molar-refractivity contribution in [3.8, 4) is 5.75 Å². The number of carbonyl (C=O) groups excluding carboxylic acids is 1. The highest BCUT2D eigenvalue weighted by Crippen LogP contribution is 2.40. The van der Waals surface area contributed by atoms with Crippen LogP contribution in [0, 0.1) is 0 Å². The van der Waals surface area contributed by atoms with Crippen LogP contribution in [-0.2, 0) is 4.79 Å². The summed E-state index contributed by atoms with van der Waals surface area (Å²) in [5, 5.41) is 0. The maximum atomic E-state index is 12.2. The average Bonchev–Trinajstić information content (AvgIpc) is 2.17. The maximum absolute atomic E-state index is 12.2. The molecule has 0 aromatic heterocycles. The predicted molar refractivity (Wildman–Crippen MR) is 57.8 cm³/mol. The van der Waals surface area contributed by atoms with Gasteiger partial charge in [0, 0.05) is 22.4 Å². The molecular weight excluding hydrogens is 301 g/mol. The lowest BCUT2D eigenvalue weighted by Gasteiger charge is -2.26. The molecule has 0 amide bonds. The van der Waals surface area contributed by atoms with E-state index in [4.69, 9.17) is 0 Å². The van der Waals surface area contributed by atoms with Crippen molar-refractivity contribution in [3.63, 3.8) is 0 Å². The SMILES string of the molecule is O=C1CCC1c1ccc(Br)cc1OC(F)(F)F. The molecule has 2 rings (SSSR count). The Morgan fingerprint density at radius 1 is 1.35 bits per heavy atom. The zero-order chi connectivity index (χ0) is 12.6. The van der Waals surface area contributed by atoms with Gasteiger partial charge in [0.2, 0.25) is 0 Å². The van der Waals surface area contributed by atoms with Gasteiger partial charge in [0.05, 0.1) is 0 Å². The zero-order valence-electron chi connectivity index (χ0n) is 8.55. The summed E-state index contributed by atoms with van der Waals surface area (Å²) in [5.41, 5.74) is 0.307. The normalized spacial score (nSPS) is 20.0. The quantitative estimate of drug-likeness (QED) is 0.831. The molecule has 1 aliphatic carbocycles.